The number of ether oxygens (including phenoxy) is 1. The second-order valence-electron chi connectivity index (χ2n) is 9.44. The van der Waals surface area contributed by atoms with Crippen LogP contribution in [0.2, 0.25) is 0 Å². The second kappa shape index (κ2) is 9.90. The zero-order chi connectivity index (χ0) is 24.4. The minimum atomic E-state index is -0.489. The fraction of sp³-hybridized carbons (Fsp3) is 0.407. The summed E-state index contributed by atoms with van der Waals surface area (Å²) in [6.45, 7) is 1.97. The van der Waals surface area contributed by atoms with Crippen molar-refractivity contribution >= 4 is 11.8 Å². The number of methoxy groups -OCH3 is 1. The number of aromatic nitrogens is 3. The van der Waals surface area contributed by atoms with Crippen molar-refractivity contribution < 1.29 is 14.3 Å². The summed E-state index contributed by atoms with van der Waals surface area (Å²) in [6.07, 6.45) is 8.08. The van der Waals surface area contributed by atoms with Crippen LogP contribution in [0.3, 0.4) is 0 Å². The van der Waals surface area contributed by atoms with E-state index in [1.165, 1.54) is 6.33 Å². The van der Waals surface area contributed by atoms with Gasteiger partial charge in [0, 0.05) is 6.04 Å². The summed E-state index contributed by atoms with van der Waals surface area (Å²) in [7, 11) is 1.57. The first kappa shape index (κ1) is 23.1. The van der Waals surface area contributed by atoms with E-state index >= 15 is 0 Å². The van der Waals surface area contributed by atoms with E-state index in [0.717, 1.165) is 36.9 Å². The Morgan fingerprint density at radius 1 is 1.09 bits per heavy atom. The summed E-state index contributed by atoms with van der Waals surface area (Å²) in [4.78, 5) is 33.1. The van der Waals surface area contributed by atoms with E-state index in [9.17, 15) is 9.59 Å². The van der Waals surface area contributed by atoms with Crippen molar-refractivity contribution in [3.8, 4) is 11.4 Å². The van der Waals surface area contributed by atoms with Crippen LogP contribution in [0.1, 0.15) is 61.0 Å². The van der Waals surface area contributed by atoms with Gasteiger partial charge < -0.3 is 15.0 Å². The Bertz CT molecular complexity index is 1180. The Morgan fingerprint density at radius 2 is 1.86 bits per heavy atom. The number of rotatable bonds is 6. The minimum Gasteiger partial charge on any atom is -0.496 e. The van der Waals surface area contributed by atoms with Gasteiger partial charge in [0.05, 0.1) is 24.4 Å². The van der Waals surface area contributed by atoms with Crippen LogP contribution in [-0.2, 0) is 4.79 Å². The summed E-state index contributed by atoms with van der Waals surface area (Å²) in [5, 5.41) is 7.32. The van der Waals surface area contributed by atoms with E-state index in [0.29, 0.717) is 23.7 Å². The van der Waals surface area contributed by atoms with E-state index < -0.39 is 6.04 Å². The van der Waals surface area contributed by atoms with Gasteiger partial charge in [0.25, 0.3) is 5.91 Å². The first-order chi connectivity index (χ1) is 17.1. The molecule has 2 amide bonds. The highest BCUT2D eigenvalue weighted by atomic mass is 16.5. The molecule has 3 aromatic rings. The molecule has 5 rings (SSSR count). The predicted molar refractivity (Wildman–Crippen MR) is 131 cm³/mol. The van der Waals surface area contributed by atoms with E-state index in [-0.39, 0.29) is 23.9 Å². The molecule has 1 saturated carbocycles. The average molecular weight is 474 g/mol. The molecule has 1 saturated heterocycles. The molecule has 1 aliphatic heterocycles. The van der Waals surface area contributed by atoms with Gasteiger partial charge in [-0.05, 0) is 61.9 Å². The van der Waals surface area contributed by atoms with Crippen LogP contribution in [-0.4, -0.2) is 50.7 Å². The largest absolute Gasteiger partial charge is 0.496 e. The molecule has 8 nitrogen and oxygen atoms in total. The third-order valence-corrected chi connectivity index (χ3v) is 7.40. The number of nitrogens with zero attached hydrogens (tertiary/aromatic N) is 4. The van der Waals surface area contributed by atoms with Crippen molar-refractivity contribution in [2.45, 2.75) is 57.2 Å². The lowest BCUT2D eigenvalue weighted by atomic mass is 9.84. The maximum absolute atomic E-state index is 13.8. The highest BCUT2D eigenvalue weighted by Crippen LogP contribution is 2.41. The summed E-state index contributed by atoms with van der Waals surface area (Å²) < 4.78 is 7.15. The molecule has 4 unspecified atom stereocenters. The van der Waals surface area contributed by atoms with Gasteiger partial charge in [-0.15, -0.1) is 0 Å². The molecule has 8 heteroatoms. The summed E-state index contributed by atoms with van der Waals surface area (Å²) in [5.41, 5.74) is 2.40. The van der Waals surface area contributed by atoms with Crippen molar-refractivity contribution in [2.75, 3.05) is 7.11 Å². The number of amides is 2. The fourth-order valence-electron chi connectivity index (χ4n) is 5.60. The third-order valence-electron chi connectivity index (χ3n) is 7.40. The molecule has 2 fully saturated rings. The molecule has 2 aromatic carbocycles. The number of likely N-dealkylation sites (tertiary alicyclic amines) is 1. The van der Waals surface area contributed by atoms with E-state index in [1.54, 1.807) is 30.3 Å². The van der Waals surface area contributed by atoms with Gasteiger partial charge in [0.2, 0.25) is 5.91 Å². The summed E-state index contributed by atoms with van der Waals surface area (Å²) in [6, 6.07) is 14.5. The fourth-order valence-corrected chi connectivity index (χ4v) is 5.60. The molecular weight excluding hydrogens is 442 g/mol. The van der Waals surface area contributed by atoms with Crippen molar-refractivity contribution in [2.24, 2.45) is 5.92 Å². The summed E-state index contributed by atoms with van der Waals surface area (Å²) in [5.74, 6) is 0.671. The van der Waals surface area contributed by atoms with Crippen LogP contribution in [0.15, 0.2) is 61.2 Å². The van der Waals surface area contributed by atoms with E-state index in [1.807, 2.05) is 48.2 Å². The summed E-state index contributed by atoms with van der Waals surface area (Å²) >= 11 is 0. The Morgan fingerprint density at radius 3 is 2.60 bits per heavy atom. The smallest absolute Gasteiger partial charge is 0.258 e. The maximum Gasteiger partial charge on any atom is 0.258 e. The Kier molecular flexibility index (Phi) is 6.53. The number of hydrogen-bond donors (Lipinski definition) is 1. The van der Waals surface area contributed by atoms with Crippen molar-refractivity contribution in [3.63, 3.8) is 0 Å². The van der Waals surface area contributed by atoms with Gasteiger partial charge in [0.15, 0.2) is 0 Å². The number of hydrogen-bond acceptors (Lipinski definition) is 5. The molecule has 0 radical (unpaired) electrons. The molecular formula is C27H31N5O3. The van der Waals surface area contributed by atoms with Crippen LogP contribution in [0.5, 0.6) is 5.75 Å². The third kappa shape index (κ3) is 4.52. The SMILES string of the molecule is COc1ccccc1C(=O)N1C(C(=O)NC(C)c2ccc(-n3cncn3)cc2)CC2CCCCC21. The van der Waals surface area contributed by atoms with Crippen LogP contribution in [0.25, 0.3) is 5.69 Å². The number of para-hydroxylation sites is 1. The number of nitrogens with one attached hydrogen (secondary N) is 1. The van der Waals surface area contributed by atoms with Gasteiger partial charge in [-0.1, -0.05) is 37.1 Å². The zero-order valence-electron chi connectivity index (χ0n) is 20.1. The lowest BCUT2D eigenvalue weighted by Crippen LogP contribution is -2.50. The molecule has 1 N–H and O–H groups in total. The molecule has 1 aliphatic carbocycles. The molecule has 2 aliphatic rings. The van der Waals surface area contributed by atoms with Gasteiger partial charge in [-0.3, -0.25) is 9.59 Å². The van der Waals surface area contributed by atoms with E-state index in [2.05, 4.69) is 15.4 Å². The standard InChI is InChI=1S/C27H31N5O3/c1-18(19-11-13-21(14-12-19)31-17-28-16-29-31)30-26(33)24-15-20-7-3-5-9-23(20)32(24)27(34)22-8-4-6-10-25(22)35-2/h4,6,8,10-14,16-18,20,23-24H,3,5,7,9,15H2,1-2H3,(H,30,33). The van der Waals surface area contributed by atoms with Gasteiger partial charge in [-0.25, -0.2) is 9.67 Å². The van der Waals surface area contributed by atoms with E-state index in [4.69, 9.17) is 4.74 Å². The maximum atomic E-state index is 13.8. The molecule has 2 heterocycles. The number of benzene rings is 2. The van der Waals surface area contributed by atoms with Crippen LogP contribution in [0, 0.1) is 5.92 Å². The Hall–Kier alpha value is -3.68. The molecule has 1 aromatic heterocycles. The normalized spacial score (nSPS) is 22.3. The van der Waals surface area contributed by atoms with Gasteiger partial charge in [0.1, 0.15) is 24.4 Å². The van der Waals surface area contributed by atoms with Crippen LogP contribution < -0.4 is 10.1 Å². The van der Waals surface area contributed by atoms with Crippen molar-refractivity contribution in [3.05, 3.63) is 72.3 Å². The molecule has 182 valence electrons. The number of carbonyl (C=O) groups excluding carboxylic acids is 2. The first-order valence-electron chi connectivity index (χ1n) is 12.3. The van der Waals surface area contributed by atoms with Crippen molar-refractivity contribution in [1.29, 1.82) is 0 Å². The van der Waals surface area contributed by atoms with Gasteiger partial charge in [-0.2, -0.15) is 5.10 Å². The van der Waals surface area contributed by atoms with Crippen LogP contribution in [0.4, 0.5) is 0 Å². The highest BCUT2D eigenvalue weighted by molar-refractivity contribution is 6.00. The topological polar surface area (TPSA) is 89.4 Å². The molecule has 0 bridgehead atoms. The molecule has 4 atom stereocenters. The number of fused-ring (bicyclic) bond motifs is 1. The first-order valence-corrected chi connectivity index (χ1v) is 12.3. The van der Waals surface area contributed by atoms with Crippen LogP contribution >= 0.6 is 0 Å². The predicted octanol–water partition coefficient (Wildman–Crippen LogP) is 3.93. The zero-order valence-corrected chi connectivity index (χ0v) is 20.1. The highest BCUT2D eigenvalue weighted by Gasteiger charge is 2.48. The number of carbonyl (C=O) groups is 2. The Labute approximate surface area is 205 Å². The second-order valence-corrected chi connectivity index (χ2v) is 9.44. The molecule has 35 heavy (non-hydrogen) atoms. The average Bonchev–Trinajstić information content (AvgIpc) is 3.57. The monoisotopic (exact) mass is 473 g/mol. The lowest BCUT2D eigenvalue weighted by molar-refractivity contribution is -0.125. The van der Waals surface area contributed by atoms with Gasteiger partial charge >= 0.3 is 0 Å². The minimum absolute atomic E-state index is 0.0918. The van der Waals surface area contributed by atoms with Crippen molar-refractivity contribution in [1.82, 2.24) is 25.0 Å². The molecule has 0 spiro atoms. The quantitative estimate of drug-likeness (QED) is 0.586. The lowest BCUT2D eigenvalue weighted by Gasteiger charge is -2.34. The Balaban J connectivity index is 1.35.